The Balaban J connectivity index is 2.36. The highest BCUT2D eigenvalue weighted by molar-refractivity contribution is 5.81. The first-order chi connectivity index (χ1) is 9.08. The Labute approximate surface area is 108 Å². The molecule has 0 unspecified atom stereocenters. The number of nitrogens with two attached hydrogens (primary N) is 1. The molecule has 0 aliphatic carbocycles. The van der Waals surface area contributed by atoms with E-state index < -0.39 is 5.82 Å². The number of hydrogen-bond acceptors (Lipinski definition) is 2. The molecule has 0 aliphatic rings. The molecular formula is C14H11F2N3. The van der Waals surface area contributed by atoms with E-state index in [2.05, 4.69) is 4.98 Å². The Hall–Kier alpha value is -2.43. The normalized spacial score (nSPS) is 11.1. The van der Waals surface area contributed by atoms with E-state index in [0.29, 0.717) is 16.8 Å². The van der Waals surface area contributed by atoms with Crippen molar-refractivity contribution in [2.24, 2.45) is 0 Å². The first-order valence-electron chi connectivity index (χ1n) is 5.77. The summed E-state index contributed by atoms with van der Waals surface area (Å²) in [6.45, 7) is 1.77. The molecule has 96 valence electrons. The van der Waals surface area contributed by atoms with E-state index >= 15 is 0 Å². The minimum Gasteiger partial charge on any atom is -0.369 e. The van der Waals surface area contributed by atoms with Crippen LogP contribution in [0.1, 0.15) is 5.56 Å². The lowest BCUT2D eigenvalue weighted by molar-refractivity contribution is 0.626. The maximum atomic E-state index is 13.7. The smallest absolute Gasteiger partial charge is 0.206 e. The predicted molar refractivity (Wildman–Crippen MR) is 70.1 cm³/mol. The number of para-hydroxylation sites is 1. The lowest BCUT2D eigenvalue weighted by Crippen LogP contribution is -2.02. The van der Waals surface area contributed by atoms with Gasteiger partial charge in [-0.3, -0.25) is 4.57 Å². The average Bonchev–Trinajstić information content (AvgIpc) is 2.68. The van der Waals surface area contributed by atoms with Crippen molar-refractivity contribution >= 4 is 17.0 Å². The predicted octanol–water partition coefficient (Wildman–Crippen LogP) is 3.19. The highest BCUT2D eigenvalue weighted by Gasteiger charge is 2.14. The van der Waals surface area contributed by atoms with Gasteiger partial charge in [-0.15, -0.1) is 0 Å². The molecule has 0 fully saturated rings. The van der Waals surface area contributed by atoms with Gasteiger partial charge in [0, 0.05) is 0 Å². The van der Waals surface area contributed by atoms with Crippen LogP contribution < -0.4 is 5.73 Å². The fraction of sp³-hybridized carbons (Fsp3) is 0.0714. The molecule has 1 aromatic heterocycles. The van der Waals surface area contributed by atoms with Gasteiger partial charge in [0.15, 0.2) is 5.82 Å². The number of benzene rings is 2. The van der Waals surface area contributed by atoms with Crippen LogP contribution in [-0.2, 0) is 0 Å². The summed E-state index contributed by atoms with van der Waals surface area (Å²) in [4.78, 5) is 4.02. The lowest BCUT2D eigenvalue weighted by Gasteiger charge is -2.09. The molecule has 5 heteroatoms. The maximum absolute atomic E-state index is 13.7. The van der Waals surface area contributed by atoms with Crippen LogP contribution >= 0.6 is 0 Å². The third-order valence-corrected chi connectivity index (χ3v) is 3.06. The van der Waals surface area contributed by atoms with Gasteiger partial charge in [-0.05, 0) is 42.8 Å². The number of nitrogen functional groups attached to an aromatic ring is 1. The van der Waals surface area contributed by atoms with Gasteiger partial charge in [0.1, 0.15) is 11.3 Å². The molecule has 0 radical (unpaired) electrons. The van der Waals surface area contributed by atoms with Gasteiger partial charge < -0.3 is 5.73 Å². The van der Waals surface area contributed by atoms with Gasteiger partial charge >= 0.3 is 0 Å². The second kappa shape index (κ2) is 4.05. The van der Waals surface area contributed by atoms with Crippen molar-refractivity contribution in [2.75, 3.05) is 5.73 Å². The van der Waals surface area contributed by atoms with Crippen LogP contribution in [0.3, 0.4) is 0 Å². The number of rotatable bonds is 1. The Morgan fingerprint density at radius 2 is 1.95 bits per heavy atom. The zero-order valence-corrected chi connectivity index (χ0v) is 10.2. The van der Waals surface area contributed by atoms with Crippen molar-refractivity contribution in [3.8, 4) is 5.69 Å². The Bertz CT molecular complexity index is 778. The number of anilines is 1. The highest BCUT2D eigenvalue weighted by Crippen LogP contribution is 2.26. The van der Waals surface area contributed by atoms with Crippen LogP contribution in [0.15, 0.2) is 36.4 Å². The summed E-state index contributed by atoms with van der Waals surface area (Å²) in [5, 5.41) is 0. The van der Waals surface area contributed by atoms with E-state index in [9.17, 15) is 8.78 Å². The fourth-order valence-electron chi connectivity index (χ4n) is 2.21. The summed E-state index contributed by atoms with van der Waals surface area (Å²) in [6.07, 6.45) is 0. The molecule has 3 rings (SSSR count). The van der Waals surface area contributed by atoms with E-state index in [-0.39, 0.29) is 17.3 Å². The van der Waals surface area contributed by atoms with Crippen molar-refractivity contribution in [1.82, 2.24) is 9.55 Å². The standard InChI is InChI=1S/C14H11F2N3/c1-8-7-9(15)5-6-11(8)19-12-4-2-3-10(16)13(12)18-14(19)17/h2-7H,1H3,(H2,17,18). The van der Waals surface area contributed by atoms with Crippen molar-refractivity contribution < 1.29 is 8.78 Å². The second-order valence-corrected chi connectivity index (χ2v) is 4.34. The molecule has 0 atom stereocenters. The molecule has 0 spiro atoms. The molecule has 3 aromatic rings. The van der Waals surface area contributed by atoms with Gasteiger partial charge in [0.05, 0.1) is 11.2 Å². The van der Waals surface area contributed by atoms with Crippen LogP contribution in [0.25, 0.3) is 16.7 Å². The zero-order valence-electron chi connectivity index (χ0n) is 10.2. The summed E-state index contributed by atoms with van der Waals surface area (Å²) in [5.41, 5.74) is 8.02. The Kier molecular flexibility index (Phi) is 2.48. The molecule has 0 saturated carbocycles. The molecular weight excluding hydrogens is 248 g/mol. The van der Waals surface area contributed by atoms with Crippen molar-refractivity contribution in [3.05, 3.63) is 53.6 Å². The minimum absolute atomic E-state index is 0.176. The van der Waals surface area contributed by atoms with Gasteiger partial charge in [0.25, 0.3) is 0 Å². The summed E-state index contributed by atoms with van der Waals surface area (Å²) in [5.74, 6) is -0.576. The van der Waals surface area contributed by atoms with E-state index in [0.717, 1.165) is 0 Å². The molecule has 0 bridgehead atoms. The van der Waals surface area contributed by atoms with E-state index in [1.807, 2.05) is 0 Å². The van der Waals surface area contributed by atoms with Gasteiger partial charge in [0.2, 0.25) is 5.95 Å². The van der Waals surface area contributed by atoms with Gasteiger partial charge in [-0.2, -0.15) is 0 Å². The molecule has 2 aromatic carbocycles. The van der Waals surface area contributed by atoms with Crippen molar-refractivity contribution in [2.45, 2.75) is 6.92 Å². The van der Waals surface area contributed by atoms with Gasteiger partial charge in [-0.25, -0.2) is 13.8 Å². The summed E-state index contributed by atoms with van der Waals surface area (Å²) in [7, 11) is 0. The number of aromatic nitrogens is 2. The third kappa shape index (κ3) is 1.74. The molecule has 3 nitrogen and oxygen atoms in total. The van der Waals surface area contributed by atoms with Crippen LogP contribution in [0.5, 0.6) is 0 Å². The first-order valence-corrected chi connectivity index (χ1v) is 5.77. The van der Waals surface area contributed by atoms with Gasteiger partial charge in [-0.1, -0.05) is 6.07 Å². The summed E-state index contributed by atoms with van der Waals surface area (Å²) >= 11 is 0. The molecule has 2 N–H and O–H groups in total. The first kappa shape index (κ1) is 11.6. The number of fused-ring (bicyclic) bond motifs is 1. The second-order valence-electron chi connectivity index (χ2n) is 4.34. The topological polar surface area (TPSA) is 43.8 Å². The number of aryl methyl sites for hydroxylation is 1. The van der Waals surface area contributed by atoms with Crippen LogP contribution in [0.2, 0.25) is 0 Å². The molecule has 19 heavy (non-hydrogen) atoms. The lowest BCUT2D eigenvalue weighted by atomic mass is 10.2. The monoisotopic (exact) mass is 259 g/mol. The molecule has 0 amide bonds. The quantitative estimate of drug-likeness (QED) is 0.729. The molecule has 0 aliphatic heterocycles. The SMILES string of the molecule is Cc1cc(F)ccc1-n1c(N)nc2c(F)cccc21. The summed E-state index contributed by atoms with van der Waals surface area (Å²) in [6, 6.07) is 9.00. The van der Waals surface area contributed by atoms with Crippen LogP contribution in [0.4, 0.5) is 14.7 Å². The number of halogens is 2. The average molecular weight is 259 g/mol. The zero-order chi connectivity index (χ0) is 13.6. The number of hydrogen-bond donors (Lipinski definition) is 1. The highest BCUT2D eigenvalue weighted by atomic mass is 19.1. The Morgan fingerprint density at radius 1 is 1.16 bits per heavy atom. The van der Waals surface area contributed by atoms with Crippen LogP contribution in [0, 0.1) is 18.6 Å². The Morgan fingerprint density at radius 3 is 2.68 bits per heavy atom. The molecule has 0 saturated heterocycles. The number of nitrogens with zero attached hydrogens (tertiary/aromatic N) is 2. The van der Waals surface area contributed by atoms with Crippen molar-refractivity contribution in [1.29, 1.82) is 0 Å². The minimum atomic E-state index is -0.428. The van der Waals surface area contributed by atoms with Crippen molar-refractivity contribution in [3.63, 3.8) is 0 Å². The maximum Gasteiger partial charge on any atom is 0.206 e. The largest absolute Gasteiger partial charge is 0.369 e. The third-order valence-electron chi connectivity index (χ3n) is 3.06. The summed E-state index contributed by atoms with van der Waals surface area (Å²) < 4.78 is 28.4. The van der Waals surface area contributed by atoms with E-state index in [4.69, 9.17) is 5.73 Å². The molecule has 1 heterocycles. The fourth-order valence-corrected chi connectivity index (χ4v) is 2.21. The van der Waals surface area contributed by atoms with E-state index in [1.54, 1.807) is 29.7 Å². The number of imidazole rings is 1. The van der Waals surface area contributed by atoms with Crippen LogP contribution in [-0.4, -0.2) is 9.55 Å². The van der Waals surface area contributed by atoms with E-state index in [1.165, 1.54) is 18.2 Å².